The molecule has 3 heterocycles. The summed E-state index contributed by atoms with van der Waals surface area (Å²) in [6.07, 6.45) is 2.71. The number of H-pyrrole nitrogens is 1. The highest BCUT2D eigenvalue weighted by Gasteiger charge is 2.32. The van der Waals surface area contributed by atoms with Crippen LogP contribution in [0.5, 0.6) is 0 Å². The summed E-state index contributed by atoms with van der Waals surface area (Å²) in [6.45, 7) is 4.62. The van der Waals surface area contributed by atoms with Gasteiger partial charge in [-0.1, -0.05) is 18.2 Å². The highest BCUT2D eigenvalue weighted by molar-refractivity contribution is 5.85. The van der Waals surface area contributed by atoms with Crippen molar-refractivity contribution < 1.29 is 0 Å². The number of hydrogen-bond donors (Lipinski definition) is 2. The number of rotatable bonds is 1. The van der Waals surface area contributed by atoms with Crippen molar-refractivity contribution in [3.05, 3.63) is 35.5 Å². The first-order valence-electron chi connectivity index (χ1n) is 7.81. The molecule has 1 aromatic heterocycles. The second-order valence-electron chi connectivity index (χ2n) is 6.46. The predicted molar refractivity (Wildman–Crippen MR) is 83.0 cm³/mol. The lowest BCUT2D eigenvalue weighted by atomic mass is 9.78. The van der Waals surface area contributed by atoms with Crippen LogP contribution in [0.2, 0.25) is 0 Å². The van der Waals surface area contributed by atoms with Gasteiger partial charge in [0.15, 0.2) is 0 Å². The zero-order valence-corrected chi connectivity index (χ0v) is 12.2. The second kappa shape index (κ2) is 4.90. The van der Waals surface area contributed by atoms with Gasteiger partial charge in [0.05, 0.1) is 0 Å². The third kappa shape index (κ3) is 1.97. The molecule has 0 radical (unpaired) electrons. The summed E-state index contributed by atoms with van der Waals surface area (Å²) in [7, 11) is 2.26. The standard InChI is InChI=1S/C17H23N3/c1-20-8-4-5-12(11-20)14-9-18-10-16-17(14)13-6-2-3-7-15(13)19-16/h2-3,6-7,12,14,18-19H,4-5,8-11H2,1H3. The number of nitrogens with one attached hydrogen (secondary N) is 2. The van der Waals surface area contributed by atoms with E-state index in [-0.39, 0.29) is 0 Å². The third-order valence-corrected chi connectivity index (χ3v) is 5.09. The average molecular weight is 269 g/mol. The summed E-state index contributed by atoms with van der Waals surface area (Å²) in [5, 5.41) is 5.06. The van der Waals surface area contributed by atoms with Crippen LogP contribution in [0.3, 0.4) is 0 Å². The van der Waals surface area contributed by atoms with Crippen LogP contribution in [-0.4, -0.2) is 36.6 Å². The quantitative estimate of drug-likeness (QED) is 0.834. The molecule has 0 spiro atoms. The first-order valence-corrected chi connectivity index (χ1v) is 7.81. The minimum Gasteiger partial charge on any atom is -0.357 e. The fourth-order valence-corrected chi connectivity index (χ4v) is 4.17. The molecule has 2 N–H and O–H groups in total. The van der Waals surface area contributed by atoms with Gasteiger partial charge in [-0.05, 0) is 44.0 Å². The Balaban J connectivity index is 1.77. The number of aromatic nitrogens is 1. The molecule has 1 fully saturated rings. The lowest BCUT2D eigenvalue weighted by Gasteiger charge is -2.37. The number of nitrogens with zero attached hydrogens (tertiary/aromatic N) is 1. The molecular weight excluding hydrogens is 246 g/mol. The smallest absolute Gasteiger partial charge is 0.0459 e. The van der Waals surface area contributed by atoms with Gasteiger partial charge in [0.1, 0.15) is 0 Å². The number of piperidine rings is 1. The van der Waals surface area contributed by atoms with Gasteiger partial charge >= 0.3 is 0 Å². The molecule has 2 aliphatic rings. The first kappa shape index (κ1) is 12.4. The summed E-state index contributed by atoms with van der Waals surface area (Å²) < 4.78 is 0. The van der Waals surface area contributed by atoms with Crippen molar-refractivity contribution in [3.63, 3.8) is 0 Å². The van der Waals surface area contributed by atoms with Crippen molar-refractivity contribution in [2.75, 3.05) is 26.7 Å². The number of aromatic amines is 1. The van der Waals surface area contributed by atoms with E-state index < -0.39 is 0 Å². The maximum Gasteiger partial charge on any atom is 0.0459 e. The fraction of sp³-hybridized carbons (Fsp3) is 0.529. The fourth-order valence-electron chi connectivity index (χ4n) is 4.17. The summed E-state index contributed by atoms with van der Waals surface area (Å²) in [5.41, 5.74) is 4.31. The summed E-state index contributed by atoms with van der Waals surface area (Å²) in [4.78, 5) is 6.12. The van der Waals surface area contributed by atoms with Crippen LogP contribution >= 0.6 is 0 Å². The minimum atomic E-state index is 0.664. The van der Waals surface area contributed by atoms with Crippen molar-refractivity contribution in [2.24, 2.45) is 5.92 Å². The van der Waals surface area contributed by atoms with Crippen LogP contribution < -0.4 is 5.32 Å². The molecule has 2 aliphatic heterocycles. The Kier molecular flexibility index (Phi) is 3.04. The Morgan fingerprint density at radius 1 is 1.25 bits per heavy atom. The molecule has 2 unspecified atom stereocenters. The molecule has 2 aromatic rings. The molecule has 0 aliphatic carbocycles. The van der Waals surface area contributed by atoms with Crippen molar-refractivity contribution in [3.8, 4) is 0 Å². The number of fused-ring (bicyclic) bond motifs is 3. The van der Waals surface area contributed by atoms with Crippen LogP contribution in [0.4, 0.5) is 0 Å². The number of likely N-dealkylation sites (tertiary alicyclic amines) is 1. The number of para-hydroxylation sites is 1. The SMILES string of the molecule is CN1CCCC(C2CNCc3[nH]c4ccccc4c32)C1. The van der Waals surface area contributed by atoms with Crippen molar-refractivity contribution in [1.29, 1.82) is 0 Å². The normalized spacial score (nSPS) is 27.6. The number of hydrogen-bond acceptors (Lipinski definition) is 2. The molecule has 3 nitrogen and oxygen atoms in total. The van der Waals surface area contributed by atoms with E-state index in [2.05, 4.69) is 46.5 Å². The van der Waals surface area contributed by atoms with E-state index in [0.29, 0.717) is 5.92 Å². The van der Waals surface area contributed by atoms with Gasteiger partial charge in [0, 0.05) is 42.1 Å². The number of benzene rings is 1. The second-order valence-corrected chi connectivity index (χ2v) is 6.46. The molecule has 0 saturated carbocycles. The zero-order chi connectivity index (χ0) is 13.5. The van der Waals surface area contributed by atoms with Crippen LogP contribution in [0.15, 0.2) is 24.3 Å². The molecule has 0 amide bonds. The Labute approximate surface area is 120 Å². The Hall–Kier alpha value is -1.32. The largest absolute Gasteiger partial charge is 0.357 e. The van der Waals surface area contributed by atoms with Gasteiger partial charge in [-0.2, -0.15) is 0 Å². The molecular formula is C17H23N3. The van der Waals surface area contributed by atoms with Crippen LogP contribution in [-0.2, 0) is 6.54 Å². The van der Waals surface area contributed by atoms with E-state index in [0.717, 1.165) is 19.0 Å². The van der Waals surface area contributed by atoms with Gasteiger partial charge in [0.2, 0.25) is 0 Å². The highest BCUT2D eigenvalue weighted by Crippen LogP contribution is 2.39. The van der Waals surface area contributed by atoms with Crippen LogP contribution in [0.25, 0.3) is 10.9 Å². The Morgan fingerprint density at radius 3 is 3.05 bits per heavy atom. The van der Waals surface area contributed by atoms with E-state index in [9.17, 15) is 0 Å². The Morgan fingerprint density at radius 2 is 2.15 bits per heavy atom. The molecule has 1 saturated heterocycles. The van der Waals surface area contributed by atoms with Gasteiger partial charge in [-0.3, -0.25) is 0 Å². The Bertz CT molecular complexity index is 616. The maximum absolute atomic E-state index is 3.62. The van der Waals surface area contributed by atoms with Gasteiger partial charge in [-0.25, -0.2) is 0 Å². The molecule has 4 rings (SSSR count). The molecule has 106 valence electrons. The topological polar surface area (TPSA) is 31.1 Å². The van der Waals surface area contributed by atoms with E-state index in [1.54, 1.807) is 5.56 Å². The lowest BCUT2D eigenvalue weighted by Crippen LogP contribution is -2.40. The highest BCUT2D eigenvalue weighted by atomic mass is 15.1. The molecule has 0 bridgehead atoms. The summed E-state index contributed by atoms with van der Waals surface area (Å²) in [6, 6.07) is 8.79. The monoisotopic (exact) mass is 269 g/mol. The van der Waals surface area contributed by atoms with E-state index in [1.165, 1.54) is 42.5 Å². The molecule has 1 aromatic carbocycles. The van der Waals surface area contributed by atoms with Crippen molar-refractivity contribution in [2.45, 2.75) is 25.3 Å². The van der Waals surface area contributed by atoms with Crippen molar-refractivity contribution in [1.82, 2.24) is 15.2 Å². The van der Waals surface area contributed by atoms with Gasteiger partial charge in [-0.15, -0.1) is 0 Å². The third-order valence-electron chi connectivity index (χ3n) is 5.09. The van der Waals surface area contributed by atoms with Crippen molar-refractivity contribution >= 4 is 10.9 Å². The lowest BCUT2D eigenvalue weighted by molar-refractivity contribution is 0.182. The summed E-state index contributed by atoms with van der Waals surface area (Å²) in [5.74, 6) is 1.46. The predicted octanol–water partition coefficient (Wildman–Crippen LogP) is 2.70. The minimum absolute atomic E-state index is 0.664. The molecule has 20 heavy (non-hydrogen) atoms. The van der Waals surface area contributed by atoms with Gasteiger partial charge in [0.25, 0.3) is 0 Å². The maximum atomic E-state index is 3.62. The van der Waals surface area contributed by atoms with E-state index in [1.807, 2.05) is 0 Å². The van der Waals surface area contributed by atoms with Crippen LogP contribution in [0, 0.1) is 5.92 Å². The average Bonchev–Trinajstić information content (AvgIpc) is 2.85. The molecule has 2 atom stereocenters. The van der Waals surface area contributed by atoms with E-state index >= 15 is 0 Å². The molecule has 3 heteroatoms. The summed E-state index contributed by atoms with van der Waals surface area (Å²) >= 11 is 0. The first-order chi connectivity index (χ1) is 9.83. The van der Waals surface area contributed by atoms with E-state index in [4.69, 9.17) is 0 Å². The van der Waals surface area contributed by atoms with Crippen LogP contribution in [0.1, 0.15) is 30.0 Å². The van der Waals surface area contributed by atoms with Gasteiger partial charge < -0.3 is 15.2 Å². The zero-order valence-electron chi connectivity index (χ0n) is 12.2.